The van der Waals surface area contributed by atoms with Gasteiger partial charge in [-0.05, 0) is 13.3 Å². The Hall–Kier alpha value is -0.410. The van der Waals surface area contributed by atoms with Crippen LogP contribution in [0.2, 0.25) is 0 Å². The van der Waals surface area contributed by atoms with E-state index < -0.39 is 0 Å². The third-order valence-corrected chi connectivity index (χ3v) is 3.29. The smallest absolute Gasteiger partial charge is 0.191 e. The van der Waals surface area contributed by atoms with Crippen LogP contribution in [-0.4, -0.2) is 37.7 Å². The van der Waals surface area contributed by atoms with Crippen molar-refractivity contribution in [1.29, 1.82) is 0 Å². The summed E-state index contributed by atoms with van der Waals surface area (Å²) in [6, 6.07) is 0. The lowest BCUT2D eigenvalue weighted by Gasteiger charge is -2.10. The van der Waals surface area contributed by atoms with Crippen molar-refractivity contribution in [1.82, 2.24) is 15.6 Å². The highest BCUT2D eigenvalue weighted by Crippen LogP contribution is 2.10. The number of thiazole rings is 1. The first kappa shape index (κ1) is 18.6. The zero-order valence-corrected chi connectivity index (χ0v) is 14.9. The summed E-state index contributed by atoms with van der Waals surface area (Å²) in [4.78, 5) is 8.97. The molecule has 110 valence electrons. The van der Waals surface area contributed by atoms with E-state index in [-0.39, 0.29) is 24.0 Å². The first-order valence-corrected chi connectivity index (χ1v) is 7.12. The van der Waals surface area contributed by atoms with Crippen LogP contribution in [0.1, 0.15) is 24.5 Å². The van der Waals surface area contributed by atoms with Gasteiger partial charge in [-0.15, -0.1) is 35.3 Å². The summed E-state index contributed by atoms with van der Waals surface area (Å²) in [6.45, 7) is 7.03. The van der Waals surface area contributed by atoms with Crippen molar-refractivity contribution in [3.63, 3.8) is 0 Å². The minimum atomic E-state index is 0. The maximum absolute atomic E-state index is 5.00. The van der Waals surface area contributed by atoms with Crippen LogP contribution < -0.4 is 10.6 Å². The summed E-state index contributed by atoms with van der Waals surface area (Å²) in [5, 5.41) is 9.63. The standard InChI is InChI=1S/C12H22N4OS.HI/c1-4-11-16-10(9-18-11)8-15-12(13-5-2)14-6-7-17-3;/h9H,4-8H2,1-3H3,(H2,13,14,15);1H. The second-order valence-corrected chi connectivity index (χ2v) is 4.64. The van der Waals surface area contributed by atoms with E-state index in [0.29, 0.717) is 13.2 Å². The van der Waals surface area contributed by atoms with Crippen LogP contribution in [0.3, 0.4) is 0 Å². The lowest BCUT2D eigenvalue weighted by atomic mass is 10.5. The number of methoxy groups -OCH3 is 1. The van der Waals surface area contributed by atoms with Gasteiger partial charge in [0.2, 0.25) is 0 Å². The van der Waals surface area contributed by atoms with Gasteiger partial charge in [0.05, 0.1) is 23.9 Å². The summed E-state index contributed by atoms with van der Waals surface area (Å²) in [5.74, 6) is 0.806. The summed E-state index contributed by atoms with van der Waals surface area (Å²) in [7, 11) is 1.69. The van der Waals surface area contributed by atoms with Gasteiger partial charge in [0.25, 0.3) is 0 Å². The van der Waals surface area contributed by atoms with E-state index in [2.05, 4.69) is 32.9 Å². The zero-order chi connectivity index (χ0) is 13.2. The molecule has 1 aromatic rings. The number of halogens is 1. The molecule has 5 nitrogen and oxygen atoms in total. The van der Waals surface area contributed by atoms with E-state index in [1.54, 1.807) is 18.4 Å². The van der Waals surface area contributed by atoms with Crippen molar-refractivity contribution in [3.8, 4) is 0 Å². The topological polar surface area (TPSA) is 58.5 Å². The molecule has 0 aromatic carbocycles. The maximum Gasteiger partial charge on any atom is 0.191 e. The molecule has 0 unspecified atom stereocenters. The Bertz CT molecular complexity index is 370. The molecule has 0 aliphatic rings. The van der Waals surface area contributed by atoms with Crippen molar-refractivity contribution in [2.45, 2.75) is 26.8 Å². The molecular formula is C12H23IN4OS. The highest BCUT2D eigenvalue weighted by Gasteiger charge is 2.00. The molecule has 0 aliphatic carbocycles. The van der Waals surface area contributed by atoms with Crippen LogP contribution in [0.25, 0.3) is 0 Å². The average molecular weight is 398 g/mol. The van der Waals surface area contributed by atoms with Crippen LogP contribution in [0.4, 0.5) is 0 Å². The van der Waals surface area contributed by atoms with Gasteiger partial charge in [-0.25, -0.2) is 9.98 Å². The molecule has 0 bridgehead atoms. The van der Waals surface area contributed by atoms with Gasteiger partial charge in [0.1, 0.15) is 0 Å². The Kier molecular flexibility index (Phi) is 11.2. The summed E-state index contributed by atoms with van der Waals surface area (Å²) in [5.41, 5.74) is 1.03. The van der Waals surface area contributed by atoms with Gasteiger partial charge in [-0.3, -0.25) is 0 Å². The number of nitrogens with one attached hydrogen (secondary N) is 2. The molecule has 1 heterocycles. The first-order chi connectivity index (χ1) is 8.80. The number of aliphatic imine (C=N–C) groups is 1. The van der Waals surface area contributed by atoms with E-state index in [4.69, 9.17) is 4.74 Å². The average Bonchev–Trinajstić information content (AvgIpc) is 2.84. The highest BCUT2D eigenvalue weighted by atomic mass is 127. The van der Waals surface area contributed by atoms with Crippen LogP contribution in [0.5, 0.6) is 0 Å². The van der Waals surface area contributed by atoms with E-state index >= 15 is 0 Å². The number of ether oxygens (including phenoxy) is 1. The third-order valence-electron chi connectivity index (χ3n) is 2.24. The van der Waals surface area contributed by atoms with Crippen LogP contribution >= 0.6 is 35.3 Å². The zero-order valence-electron chi connectivity index (χ0n) is 11.7. The van der Waals surface area contributed by atoms with Crippen molar-refractivity contribution in [2.75, 3.05) is 26.8 Å². The number of hydrogen-bond donors (Lipinski definition) is 2. The summed E-state index contributed by atoms with van der Waals surface area (Å²) < 4.78 is 5.00. The summed E-state index contributed by atoms with van der Waals surface area (Å²) >= 11 is 1.69. The number of aryl methyl sites for hydroxylation is 1. The Balaban J connectivity index is 0.00000324. The largest absolute Gasteiger partial charge is 0.383 e. The molecule has 0 amide bonds. The van der Waals surface area contributed by atoms with E-state index in [1.807, 2.05) is 6.92 Å². The Morgan fingerprint density at radius 1 is 1.42 bits per heavy atom. The quantitative estimate of drug-likeness (QED) is 0.319. The predicted octanol–water partition coefficient (Wildman–Crippen LogP) is 2.03. The molecular weight excluding hydrogens is 375 g/mol. The van der Waals surface area contributed by atoms with E-state index in [1.165, 1.54) is 0 Å². The first-order valence-electron chi connectivity index (χ1n) is 6.24. The molecule has 7 heteroatoms. The van der Waals surface area contributed by atoms with Crippen LogP contribution in [-0.2, 0) is 17.7 Å². The number of guanidine groups is 1. The van der Waals surface area contributed by atoms with E-state index in [9.17, 15) is 0 Å². The molecule has 19 heavy (non-hydrogen) atoms. The number of aromatic nitrogens is 1. The monoisotopic (exact) mass is 398 g/mol. The molecule has 0 atom stereocenters. The van der Waals surface area contributed by atoms with Gasteiger partial charge in [-0.1, -0.05) is 6.92 Å². The molecule has 0 saturated carbocycles. The highest BCUT2D eigenvalue weighted by molar-refractivity contribution is 14.0. The fourth-order valence-corrected chi connectivity index (χ4v) is 2.09. The molecule has 0 fully saturated rings. The minimum absolute atomic E-state index is 0. The van der Waals surface area contributed by atoms with Crippen molar-refractivity contribution in [2.24, 2.45) is 4.99 Å². The lowest BCUT2D eigenvalue weighted by Crippen LogP contribution is -2.38. The number of rotatable bonds is 7. The lowest BCUT2D eigenvalue weighted by molar-refractivity contribution is 0.203. The van der Waals surface area contributed by atoms with Gasteiger partial charge >= 0.3 is 0 Å². The maximum atomic E-state index is 5.00. The SMILES string of the molecule is CCNC(=NCc1csc(CC)n1)NCCOC.I. The van der Waals surface area contributed by atoms with Crippen molar-refractivity contribution in [3.05, 3.63) is 16.1 Å². The molecule has 0 saturated heterocycles. The summed E-state index contributed by atoms with van der Waals surface area (Å²) in [6.07, 6.45) is 0.987. The fourth-order valence-electron chi connectivity index (χ4n) is 1.36. The molecule has 0 spiro atoms. The van der Waals surface area contributed by atoms with Gasteiger partial charge in [0.15, 0.2) is 5.96 Å². The molecule has 1 rings (SSSR count). The second-order valence-electron chi connectivity index (χ2n) is 3.70. The Morgan fingerprint density at radius 2 is 2.21 bits per heavy atom. The van der Waals surface area contributed by atoms with Crippen molar-refractivity contribution >= 4 is 41.3 Å². The Morgan fingerprint density at radius 3 is 2.79 bits per heavy atom. The molecule has 1 aromatic heterocycles. The molecule has 0 radical (unpaired) electrons. The minimum Gasteiger partial charge on any atom is -0.383 e. The number of hydrogen-bond acceptors (Lipinski definition) is 4. The normalized spacial score (nSPS) is 11.0. The molecule has 0 aliphatic heterocycles. The Labute approximate surface area is 136 Å². The molecule has 2 N–H and O–H groups in total. The fraction of sp³-hybridized carbons (Fsp3) is 0.667. The van der Waals surface area contributed by atoms with E-state index in [0.717, 1.165) is 36.2 Å². The van der Waals surface area contributed by atoms with Crippen LogP contribution in [0.15, 0.2) is 10.4 Å². The van der Waals surface area contributed by atoms with Crippen LogP contribution in [0, 0.1) is 0 Å². The van der Waals surface area contributed by atoms with Gasteiger partial charge in [0, 0.05) is 25.6 Å². The van der Waals surface area contributed by atoms with Crippen molar-refractivity contribution < 1.29 is 4.74 Å². The van der Waals surface area contributed by atoms with Gasteiger partial charge < -0.3 is 15.4 Å². The number of nitrogens with zero attached hydrogens (tertiary/aromatic N) is 2. The second kappa shape index (κ2) is 11.4. The third kappa shape index (κ3) is 7.68. The predicted molar refractivity (Wildman–Crippen MR) is 91.6 cm³/mol. The van der Waals surface area contributed by atoms with Gasteiger partial charge in [-0.2, -0.15) is 0 Å².